The number of rotatable bonds is 5. The summed E-state index contributed by atoms with van der Waals surface area (Å²) in [7, 11) is -5.11. The van der Waals surface area contributed by atoms with Crippen molar-refractivity contribution in [3.63, 3.8) is 0 Å². The van der Waals surface area contributed by atoms with Crippen LogP contribution in [0.2, 0.25) is 0 Å². The quantitative estimate of drug-likeness (QED) is 0.860. The van der Waals surface area contributed by atoms with Crippen molar-refractivity contribution in [1.82, 2.24) is 5.32 Å². The van der Waals surface area contributed by atoms with Crippen LogP contribution in [0.1, 0.15) is 15.9 Å². The number of carbonyl (C=O) groups is 1. The molecule has 0 aliphatic rings. The third-order valence-electron chi connectivity index (χ3n) is 2.59. The highest BCUT2D eigenvalue weighted by Gasteiger charge is 2.12. The maximum Gasteiger partial charge on any atom is 0.488 e. The topological polar surface area (TPSA) is 72.5 Å². The average Bonchev–Trinajstić information content (AvgIpc) is 2.44. The molecule has 1 amide bonds. The van der Waals surface area contributed by atoms with Crippen LogP contribution in [-0.2, 0) is 17.0 Å². The van der Waals surface area contributed by atoms with Gasteiger partial charge in [-0.25, -0.2) is 0 Å². The summed E-state index contributed by atoms with van der Waals surface area (Å²) in [6, 6.07) is 14.5. The number of halogens is 1. The second-order valence-electron chi connectivity index (χ2n) is 4.17. The van der Waals surface area contributed by atoms with Crippen LogP contribution in [0, 0.1) is 0 Å². The Balaban J connectivity index is 2.04. The Labute approximate surface area is 121 Å². The molecule has 0 aromatic heterocycles. The molecule has 0 aliphatic heterocycles. The second-order valence-corrected chi connectivity index (χ2v) is 5.13. The standard InChI is InChI=1S/C14H12FNO4S/c15-21(18,19)20-13-8-4-7-12(9-13)14(17)16-10-11-5-2-1-3-6-11/h1-9H,10H2,(H,16,17). The van der Waals surface area contributed by atoms with E-state index < -0.39 is 16.4 Å². The van der Waals surface area contributed by atoms with Gasteiger partial charge in [-0.05, 0) is 23.8 Å². The predicted octanol–water partition coefficient (Wildman–Crippen LogP) is 2.21. The van der Waals surface area contributed by atoms with Crippen molar-refractivity contribution in [2.75, 3.05) is 0 Å². The summed E-state index contributed by atoms with van der Waals surface area (Å²) >= 11 is 0. The first-order chi connectivity index (χ1) is 9.94. The molecule has 0 aliphatic carbocycles. The van der Waals surface area contributed by atoms with Gasteiger partial charge in [-0.3, -0.25) is 4.79 Å². The van der Waals surface area contributed by atoms with Crippen LogP contribution in [-0.4, -0.2) is 14.3 Å². The molecule has 0 heterocycles. The Morgan fingerprint density at radius 3 is 2.48 bits per heavy atom. The smallest absolute Gasteiger partial charge is 0.358 e. The number of hydrogen-bond acceptors (Lipinski definition) is 4. The molecular formula is C14H12FNO4S. The molecule has 2 aromatic rings. The molecule has 0 bridgehead atoms. The van der Waals surface area contributed by atoms with Gasteiger partial charge in [-0.1, -0.05) is 40.3 Å². The lowest BCUT2D eigenvalue weighted by Gasteiger charge is -2.06. The molecule has 2 rings (SSSR count). The van der Waals surface area contributed by atoms with Crippen LogP contribution >= 0.6 is 0 Å². The normalized spacial score (nSPS) is 10.9. The van der Waals surface area contributed by atoms with Crippen molar-refractivity contribution >= 4 is 16.4 Å². The Hall–Kier alpha value is -2.41. The van der Waals surface area contributed by atoms with Gasteiger partial charge in [-0.15, -0.1) is 0 Å². The van der Waals surface area contributed by atoms with E-state index in [9.17, 15) is 17.1 Å². The predicted molar refractivity (Wildman–Crippen MR) is 74.7 cm³/mol. The maximum atomic E-state index is 12.4. The van der Waals surface area contributed by atoms with E-state index >= 15 is 0 Å². The number of nitrogens with one attached hydrogen (secondary N) is 1. The Kier molecular flexibility index (Phi) is 4.54. The minimum atomic E-state index is -5.11. The van der Waals surface area contributed by atoms with E-state index in [2.05, 4.69) is 9.50 Å². The van der Waals surface area contributed by atoms with Crippen LogP contribution in [0.3, 0.4) is 0 Å². The molecule has 2 aromatic carbocycles. The monoisotopic (exact) mass is 309 g/mol. The van der Waals surface area contributed by atoms with E-state index in [0.717, 1.165) is 11.6 Å². The molecule has 0 saturated heterocycles. The van der Waals surface area contributed by atoms with Crippen molar-refractivity contribution in [2.24, 2.45) is 0 Å². The number of benzene rings is 2. The summed E-state index contributed by atoms with van der Waals surface area (Å²) in [5.74, 6) is -0.676. The van der Waals surface area contributed by atoms with Gasteiger partial charge in [0.2, 0.25) is 0 Å². The van der Waals surface area contributed by atoms with E-state index in [-0.39, 0.29) is 11.3 Å². The molecule has 5 nitrogen and oxygen atoms in total. The van der Waals surface area contributed by atoms with Crippen LogP contribution in [0.4, 0.5) is 3.89 Å². The fourth-order valence-electron chi connectivity index (χ4n) is 1.68. The van der Waals surface area contributed by atoms with Gasteiger partial charge in [0, 0.05) is 12.1 Å². The van der Waals surface area contributed by atoms with Crippen LogP contribution in [0.15, 0.2) is 54.6 Å². The molecule has 0 fully saturated rings. The second kappa shape index (κ2) is 6.36. The molecule has 0 unspecified atom stereocenters. The first-order valence-corrected chi connectivity index (χ1v) is 7.31. The Morgan fingerprint density at radius 2 is 1.81 bits per heavy atom. The van der Waals surface area contributed by atoms with Gasteiger partial charge in [0.05, 0.1) is 0 Å². The lowest BCUT2D eigenvalue weighted by atomic mass is 10.2. The fourth-order valence-corrected chi connectivity index (χ4v) is 2.02. The third kappa shape index (κ3) is 4.88. The molecule has 1 N–H and O–H groups in total. The Bertz CT molecular complexity index is 732. The number of hydrogen-bond donors (Lipinski definition) is 1. The van der Waals surface area contributed by atoms with Crippen LogP contribution in [0.25, 0.3) is 0 Å². The molecule has 0 spiro atoms. The van der Waals surface area contributed by atoms with Crippen molar-refractivity contribution in [3.05, 3.63) is 65.7 Å². The highest BCUT2D eigenvalue weighted by atomic mass is 32.3. The van der Waals surface area contributed by atoms with Gasteiger partial charge in [0.1, 0.15) is 5.75 Å². The number of amides is 1. The fraction of sp³-hybridized carbons (Fsp3) is 0.0714. The minimum absolute atomic E-state index is 0.173. The van der Waals surface area contributed by atoms with Crippen LogP contribution < -0.4 is 9.50 Å². The third-order valence-corrected chi connectivity index (χ3v) is 2.98. The summed E-state index contributed by atoms with van der Waals surface area (Å²) < 4.78 is 37.3. The lowest BCUT2D eigenvalue weighted by molar-refractivity contribution is 0.0950. The zero-order chi connectivity index (χ0) is 15.3. The minimum Gasteiger partial charge on any atom is -0.358 e. The average molecular weight is 309 g/mol. The molecule has 7 heteroatoms. The summed E-state index contributed by atoms with van der Waals surface area (Å²) in [6.45, 7) is 0.326. The molecule has 110 valence electrons. The van der Waals surface area contributed by atoms with E-state index in [1.165, 1.54) is 18.2 Å². The lowest BCUT2D eigenvalue weighted by Crippen LogP contribution is -2.22. The highest BCUT2D eigenvalue weighted by Crippen LogP contribution is 2.16. The first kappa shape index (κ1) is 15.0. The zero-order valence-electron chi connectivity index (χ0n) is 10.8. The SMILES string of the molecule is O=C(NCc1ccccc1)c1cccc(OS(=O)(=O)F)c1. The van der Waals surface area contributed by atoms with Gasteiger partial charge in [0.15, 0.2) is 0 Å². The molecule has 0 radical (unpaired) electrons. The highest BCUT2D eigenvalue weighted by molar-refractivity contribution is 7.81. The number of carbonyl (C=O) groups excluding carboxylic acids is 1. The van der Waals surface area contributed by atoms with Gasteiger partial charge < -0.3 is 9.50 Å². The summed E-state index contributed by atoms with van der Waals surface area (Å²) in [5, 5.41) is 2.67. The summed E-state index contributed by atoms with van der Waals surface area (Å²) in [6.07, 6.45) is 0. The molecule has 21 heavy (non-hydrogen) atoms. The van der Waals surface area contributed by atoms with Crippen molar-refractivity contribution < 1.29 is 21.3 Å². The van der Waals surface area contributed by atoms with E-state index in [1.807, 2.05) is 30.3 Å². The first-order valence-electron chi connectivity index (χ1n) is 6.00. The van der Waals surface area contributed by atoms with Crippen molar-refractivity contribution in [3.8, 4) is 5.75 Å². The van der Waals surface area contributed by atoms with Crippen LogP contribution in [0.5, 0.6) is 5.75 Å². The molecule has 0 atom stereocenters. The molecule has 0 saturated carbocycles. The van der Waals surface area contributed by atoms with Gasteiger partial charge in [-0.2, -0.15) is 8.42 Å². The van der Waals surface area contributed by atoms with Gasteiger partial charge >= 0.3 is 10.5 Å². The van der Waals surface area contributed by atoms with Gasteiger partial charge in [0.25, 0.3) is 5.91 Å². The zero-order valence-corrected chi connectivity index (χ0v) is 11.6. The summed E-state index contributed by atoms with van der Waals surface area (Å²) in [4.78, 5) is 11.9. The van der Waals surface area contributed by atoms with Crippen molar-refractivity contribution in [2.45, 2.75) is 6.54 Å². The molecular weight excluding hydrogens is 297 g/mol. The van der Waals surface area contributed by atoms with E-state index in [4.69, 9.17) is 0 Å². The van der Waals surface area contributed by atoms with E-state index in [0.29, 0.717) is 6.54 Å². The van der Waals surface area contributed by atoms with E-state index in [1.54, 1.807) is 0 Å². The largest absolute Gasteiger partial charge is 0.488 e. The maximum absolute atomic E-state index is 12.4. The summed E-state index contributed by atoms with van der Waals surface area (Å²) in [5.41, 5.74) is 1.09. The Morgan fingerprint density at radius 1 is 1.10 bits per heavy atom. The van der Waals surface area contributed by atoms with Crippen molar-refractivity contribution in [1.29, 1.82) is 0 Å².